The summed E-state index contributed by atoms with van der Waals surface area (Å²) in [5, 5.41) is 1.15. The van der Waals surface area contributed by atoms with Crippen LogP contribution in [0.2, 0.25) is 0 Å². The third kappa shape index (κ3) is 2.10. The van der Waals surface area contributed by atoms with Crippen molar-refractivity contribution in [2.45, 2.75) is 24.1 Å². The van der Waals surface area contributed by atoms with Gasteiger partial charge in [0, 0.05) is 12.4 Å². The van der Waals surface area contributed by atoms with Crippen molar-refractivity contribution in [1.29, 1.82) is 0 Å². The Morgan fingerprint density at radius 1 is 1.27 bits per heavy atom. The van der Waals surface area contributed by atoms with Gasteiger partial charge in [0.15, 0.2) is 5.82 Å². The predicted molar refractivity (Wildman–Crippen MR) is 56.5 cm³/mol. The first kappa shape index (κ1) is 9.97. The minimum Gasteiger partial charge on any atom is -0.436 e. The van der Waals surface area contributed by atoms with Crippen LogP contribution < -0.4 is 5.73 Å². The van der Waals surface area contributed by atoms with Crippen LogP contribution in [-0.2, 0) is 0 Å². The maximum absolute atomic E-state index is 5.65. The van der Waals surface area contributed by atoms with Gasteiger partial charge >= 0.3 is 0 Å². The van der Waals surface area contributed by atoms with E-state index < -0.39 is 0 Å². The highest BCUT2D eigenvalue weighted by Crippen LogP contribution is 2.29. The average molecular weight is 222 g/mol. The second kappa shape index (κ2) is 3.90. The summed E-state index contributed by atoms with van der Waals surface area (Å²) in [6, 6.07) is 0. The fourth-order valence-corrected chi connectivity index (χ4v) is 1.77. The van der Waals surface area contributed by atoms with Gasteiger partial charge < -0.3 is 10.2 Å². The van der Waals surface area contributed by atoms with Crippen molar-refractivity contribution in [2.24, 2.45) is 0 Å². The molecule has 0 radical (unpaired) electrons. The Hall–Kier alpha value is -1.56. The Labute approximate surface area is 91.1 Å². The van der Waals surface area contributed by atoms with E-state index in [1.807, 2.05) is 13.8 Å². The van der Waals surface area contributed by atoms with Gasteiger partial charge in [-0.05, 0) is 25.6 Å². The molecule has 0 fully saturated rings. The zero-order valence-electron chi connectivity index (χ0n) is 8.39. The highest BCUT2D eigenvalue weighted by atomic mass is 32.2. The molecule has 0 aliphatic rings. The van der Waals surface area contributed by atoms with E-state index in [9.17, 15) is 0 Å². The van der Waals surface area contributed by atoms with Crippen LogP contribution in [-0.4, -0.2) is 15.0 Å². The molecule has 0 saturated heterocycles. The van der Waals surface area contributed by atoms with E-state index in [0.29, 0.717) is 16.1 Å². The average Bonchev–Trinajstić information content (AvgIpc) is 2.50. The molecule has 78 valence electrons. The third-order valence-corrected chi connectivity index (χ3v) is 2.74. The number of hydrogen-bond donors (Lipinski definition) is 1. The number of nitrogens with zero attached hydrogens (tertiary/aromatic N) is 3. The molecule has 2 rings (SSSR count). The lowest BCUT2D eigenvalue weighted by molar-refractivity contribution is 0.431. The number of rotatable bonds is 2. The van der Waals surface area contributed by atoms with Crippen LogP contribution in [0, 0.1) is 13.8 Å². The van der Waals surface area contributed by atoms with Crippen LogP contribution >= 0.6 is 11.8 Å². The lowest BCUT2D eigenvalue weighted by Crippen LogP contribution is -1.94. The van der Waals surface area contributed by atoms with E-state index in [1.165, 1.54) is 11.8 Å². The molecule has 0 amide bonds. The van der Waals surface area contributed by atoms with Gasteiger partial charge in [0.25, 0.3) is 5.22 Å². The molecule has 0 aliphatic carbocycles. The summed E-state index contributed by atoms with van der Waals surface area (Å²) < 4.78 is 5.40. The van der Waals surface area contributed by atoms with Gasteiger partial charge in [-0.3, -0.25) is 0 Å². The molecule has 0 atom stereocenters. The second-order valence-corrected chi connectivity index (χ2v) is 3.91. The molecule has 2 N–H and O–H groups in total. The van der Waals surface area contributed by atoms with Crippen molar-refractivity contribution < 1.29 is 4.42 Å². The van der Waals surface area contributed by atoms with E-state index in [2.05, 4.69) is 15.0 Å². The summed E-state index contributed by atoms with van der Waals surface area (Å²) in [5.41, 5.74) is 6.52. The fraction of sp³-hybridized carbons (Fsp3) is 0.222. The standard InChI is InChI=1S/C9H10N4OS/c1-5-6(2)14-9(13-5)15-8-7(10)11-3-4-12-8/h3-4H,1-2H3,(H2,10,11). The van der Waals surface area contributed by atoms with E-state index in [-0.39, 0.29) is 0 Å². The summed E-state index contributed by atoms with van der Waals surface area (Å²) in [5.74, 6) is 1.19. The first-order chi connectivity index (χ1) is 7.16. The van der Waals surface area contributed by atoms with E-state index in [4.69, 9.17) is 10.2 Å². The first-order valence-corrected chi connectivity index (χ1v) is 5.17. The fourth-order valence-electron chi connectivity index (χ4n) is 0.984. The van der Waals surface area contributed by atoms with Crippen molar-refractivity contribution in [2.75, 3.05) is 5.73 Å². The molecular weight excluding hydrogens is 212 g/mol. The number of nitrogens with two attached hydrogens (primary N) is 1. The maximum Gasteiger partial charge on any atom is 0.262 e. The summed E-state index contributed by atoms with van der Waals surface area (Å²) in [4.78, 5) is 12.2. The molecule has 0 unspecified atom stereocenters. The molecule has 5 nitrogen and oxygen atoms in total. The van der Waals surface area contributed by atoms with Gasteiger partial charge in [0.1, 0.15) is 10.8 Å². The Balaban J connectivity index is 2.26. The van der Waals surface area contributed by atoms with Crippen LogP contribution in [0.3, 0.4) is 0 Å². The van der Waals surface area contributed by atoms with Gasteiger partial charge in [-0.15, -0.1) is 0 Å². The normalized spacial score (nSPS) is 10.5. The van der Waals surface area contributed by atoms with Gasteiger partial charge in [-0.2, -0.15) is 0 Å². The highest BCUT2D eigenvalue weighted by molar-refractivity contribution is 7.99. The van der Waals surface area contributed by atoms with Crippen molar-refractivity contribution in [3.63, 3.8) is 0 Å². The van der Waals surface area contributed by atoms with Gasteiger partial charge in [0.2, 0.25) is 0 Å². The van der Waals surface area contributed by atoms with Gasteiger partial charge in [-0.25, -0.2) is 15.0 Å². The summed E-state index contributed by atoms with van der Waals surface area (Å²) in [6.45, 7) is 3.76. The predicted octanol–water partition coefficient (Wildman–Crippen LogP) is 1.81. The van der Waals surface area contributed by atoms with Crippen LogP contribution in [0.5, 0.6) is 0 Å². The molecule has 0 aliphatic heterocycles. The SMILES string of the molecule is Cc1nc(Sc2nccnc2N)oc1C. The zero-order chi connectivity index (χ0) is 10.8. The molecule has 0 spiro atoms. The molecular formula is C9H10N4OS. The second-order valence-electron chi connectivity index (χ2n) is 2.97. The molecule has 0 aromatic carbocycles. The third-order valence-electron chi connectivity index (χ3n) is 1.88. The van der Waals surface area contributed by atoms with Gasteiger partial charge in [-0.1, -0.05) is 0 Å². The van der Waals surface area contributed by atoms with E-state index in [0.717, 1.165) is 11.5 Å². The number of anilines is 1. The molecule has 2 heterocycles. The molecule has 0 saturated carbocycles. The van der Waals surface area contributed by atoms with Crippen molar-refractivity contribution in [1.82, 2.24) is 15.0 Å². The number of aryl methyl sites for hydroxylation is 2. The van der Waals surface area contributed by atoms with Crippen LogP contribution in [0.25, 0.3) is 0 Å². The minimum atomic E-state index is 0.385. The Morgan fingerprint density at radius 2 is 2.00 bits per heavy atom. The largest absolute Gasteiger partial charge is 0.436 e. The molecule has 15 heavy (non-hydrogen) atoms. The van der Waals surface area contributed by atoms with E-state index >= 15 is 0 Å². The Morgan fingerprint density at radius 3 is 2.60 bits per heavy atom. The minimum absolute atomic E-state index is 0.385. The molecule has 2 aromatic rings. The molecule has 6 heteroatoms. The van der Waals surface area contributed by atoms with Gasteiger partial charge in [0.05, 0.1) is 5.69 Å². The van der Waals surface area contributed by atoms with Crippen molar-refractivity contribution in [3.8, 4) is 0 Å². The Bertz CT molecular complexity index is 463. The smallest absolute Gasteiger partial charge is 0.262 e. The number of nitrogen functional groups attached to an aromatic ring is 1. The highest BCUT2D eigenvalue weighted by Gasteiger charge is 2.10. The zero-order valence-corrected chi connectivity index (χ0v) is 9.21. The number of hydrogen-bond acceptors (Lipinski definition) is 6. The lowest BCUT2D eigenvalue weighted by atomic mass is 10.4. The topological polar surface area (TPSA) is 77.8 Å². The quantitative estimate of drug-likeness (QED) is 0.835. The summed E-state index contributed by atoms with van der Waals surface area (Å²) in [6.07, 6.45) is 3.13. The summed E-state index contributed by atoms with van der Waals surface area (Å²) in [7, 11) is 0. The summed E-state index contributed by atoms with van der Waals surface area (Å²) >= 11 is 1.27. The van der Waals surface area contributed by atoms with Crippen LogP contribution in [0.15, 0.2) is 27.1 Å². The van der Waals surface area contributed by atoms with Crippen LogP contribution in [0.4, 0.5) is 5.82 Å². The van der Waals surface area contributed by atoms with E-state index in [1.54, 1.807) is 12.4 Å². The van der Waals surface area contributed by atoms with Crippen molar-refractivity contribution >= 4 is 17.6 Å². The lowest BCUT2D eigenvalue weighted by Gasteiger charge is -1.97. The molecule has 2 aromatic heterocycles. The number of aromatic nitrogens is 3. The maximum atomic E-state index is 5.65. The number of oxazole rings is 1. The monoisotopic (exact) mass is 222 g/mol. The molecule has 0 bridgehead atoms. The Kier molecular flexibility index (Phi) is 2.59. The van der Waals surface area contributed by atoms with Crippen LogP contribution in [0.1, 0.15) is 11.5 Å². The first-order valence-electron chi connectivity index (χ1n) is 4.35. The van der Waals surface area contributed by atoms with Crippen molar-refractivity contribution in [3.05, 3.63) is 23.8 Å².